The van der Waals surface area contributed by atoms with E-state index in [1.54, 1.807) is 6.07 Å². The molecule has 0 fully saturated rings. The number of hydrogen-bond donors (Lipinski definition) is 2. The van der Waals surface area contributed by atoms with Gasteiger partial charge in [-0.3, -0.25) is 14.9 Å². The molecule has 0 aliphatic carbocycles. The van der Waals surface area contributed by atoms with Crippen molar-refractivity contribution in [3.63, 3.8) is 0 Å². The first-order chi connectivity index (χ1) is 14.1. The number of ether oxygens (including phenoxy) is 2. The summed E-state index contributed by atoms with van der Waals surface area (Å²) in [4.78, 5) is 22.6. The fraction of sp³-hybridized carbons (Fsp3) is 0.300. The smallest absolute Gasteiger partial charge is 0.312 e. The van der Waals surface area contributed by atoms with Gasteiger partial charge >= 0.3 is 5.69 Å². The topological polar surface area (TPSA) is 123 Å². The van der Waals surface area contributed by atoms with Crippen LogP contribution in [0.15, 0.2) is 35.4 Å². The molecule has 1 aliphatic rings. The SMILES string of the molecule is CC(C)(C)c1ccc2c(c1)O[C@@H](C(=O)N/N=C/c1cc(Cl)cc([N+](=O)[O-])c1O)CO2. The molecular weight excluding hydrogens is 414 g/mol. The normalized spacial score (nSPS) is 15.8. The first-order valence-electron chi connectivity index (χ1n) is 9.00. The molecule has 0 radical (unpaired) electrons. The summed E-state index contributed by atoms with van der Waals surface area (Å²) in [6.45, 7) is 6.18. The number of hydrogen-bond acceptors (Lipinski definition) is 7. The standard InChI is InChI=1S/C20H20ClN3O6/c1-20(2,3)12-4-5-15-16(7-12)30-17(10-29-15)19(26)23-22-9-11-6-13(21)8-14(18(11)25)24(27)28/h4-9,17,25H,10H2,1-3H3,(H,23,26)/b22-9+/t17-/m1/s1. The highest BCUT2D eigenvalue weighted by atomic mass is 35.5. The van der Waals surface area contributed by atoms with Crippen molar-refractivity contribution in [1.82, 2.24) is 5.43 Å². The molecule has 2 aromatic rings. The van der Waals surface area contributed by atoms with E-state index in [4.69, 9.17) is 21.1 Å². The minimum atomic E-state index is -0.938. The van der Waals surface area contributed by atoms with E-state index in [0.29, 0.717) is 11.5 Å². The van der Waals surface area contributed by atoms with E-state index < -0.39 is 28.4 Å². The van der Waals surface area contributed by atoms with Gasteiger partial charge in [0.25, 0.3) is 5.91 Å². The molecule has 1 amide bonds. The molecule has 3 rings (SSSR count). The largest absolute Gasteiger partial charge is 0.502 e. The molecule has 2 aromatic carbocycles. The predicted octanol–water partition coefficient (Wildman–Crippen LogP) is 3.54. The molecule has 0 spiro atoms. The zero-order valence-corrected chi connectivity index (χ0v) is 17.3. The number of nitro benzene ring substituents is 1. The molecule has 0 saturated heterocycles. The van der Waals surface area contributed by atoms with Crippen molar-refractivity contribution in [1.29, 1.82) is 0 Å². The second-order valence-corrected chi connectivity index (χ2v) is 8.12. The van der Waals surface area contributed by atoms with Crippen molar-refractivity contribution < 1.29 is 24.3 Å². The third kappa shape index (κ3) is 4.62. The van der Waals surface area contributed by atoms with E-state index in [2.05, 4.69) is 31.3 Å². The van der Waals surface area contributed by atoms with Crippen molar-refractivity contribution in [3.05, 3.63) is 56.6 Å². The number of phenols is 1. The third-order valence-corrected chi connectivity index (χ3v) is 4.64. The lowest BCUT2D eigenvalue weighted by Crippen LogP contribution is -2.42. The van der Waals surface area contributed by atoms with E-state index in [0.717, 1.165) is 17.8 Å². The van der Waals surface area contributed by atoms with Gasteiger partial charge < -0.3 is 14.6 Å². The summed E-state index contributed by atoms with van der Waals surface area (Å²) in [5.41, 5.74) is 2.62. The van der Waals surface area contributed by atoms with E-state index in [1.165, 1.54) is 6.07 Å². The first kappa shape index (κ1) is 21.4. The quantitative estimate of drug-likeness (QED) is 0.432. The van der Waals surface area contributed by atoms with Crippen LogP contribution in [0.1, 0.15) is 31.9 Å². The number of benzene rings is 2. The van der Waals surface area contributed by atoms with Gasteiger partial charge in [-0.1, -0.05) is 38.4 Å². The van der Waals surface area contributed by atoms with Gasteiger partial charge in [-0.15, -0.1) is 0 Å². The Morgan fingerprint density at radius 1 is 1.33 bits per heavy atom. The Morgan fingerprint density at radius 3 is 2.73 bits per heavy atom. The van der Waals surface area contributed by atoms with Crippen molar-refractivity contribution in [2.45, 2.75) is 32.3 Å². The highest BCUT2D eigenvalue weighted by Gasteiger charge is 2.28. The predicted molar refractivity (Wildman–Crippen MR) is 111 cm³/mol. The van der Waals surface area contributed by atoms with E-state index in [-0.39, 0.29) is 22.6 Å². The van der Waals surface area contributed by atoms with Crippen molar-refractivity contribution in [2.75, 3.05) is 6.61 Å². The molecule has 1 heterocycles. The number of aromatic hydroxyl groups is 1. The molecule has 10 heteroatoms. The molecule has 1 aliphatic heterocycles. The Morgan fingerprint density at radius 2 is 2.07 bits per heavy atom. The Bertz CT molecular complexity index is 1030. The van der Waals surface area contributed by atoms with E-state index in [9.17, 15) is 20.0 Å². The second kappa shape index (κ2) is 8.19. The first-order valence-corrected chi connectivity index (χ1v) is 9.38. The molecule has 0 aromatic heterocycles. The summed E-state index contributed by atoms with van der Waals surface area (Å²) in [6.07, 6.45) is 0.119. The van der Waals surface area contributed by atoms with Crippen LogP contribution in [-0.2, 0) is 10.2 Å². The zero-order valence-electron chi connectivity index (χ0n) is 16.5. The Hall–Kier alpha value is -3.33. The van der Waals surface area contributed by atoms with Gasteiger partial charge in [0, 0.05) is 16.7 Å². The van der Waals surface area contributed by atoms with Crippen LogP contribution in [0, 0.1) is 10.1 Å². The molecule has 0 bridgehead atoms. The second-order valence-electron chi connectivity index (χ2n) is 7.68. The Balaban J connectivity index is 1.70. The van der Waals surface area contributed by atoms with E-state index >= 15 is 0 Å². The van der Waals surface area contributed by atoms with Crippen LogP contribution in [0.4, 0.5) is 5.69 Å². The molecular formula is C20H20ClN3O6. The number of phenolic OH excluding ortho intramolecular Hbond substituents is 1. The molecule has 9 nitrogen and oxygen atoms in total. The lowest BCUT2D eigenvalue weighted by Gasteiger charge is -2.27. The monoisotopic (exact) mass is 433 g/mol. The lowest BCUT2D eigenvalue weighted by atomic mass is 9.87. The highest BCUT2D eigenvalue weighted by molar-refractivity contribution is 6.31. The van der Waals surface area contributed by atoms with Gasteiger partial charge in [0.1, 0.15) is 6.61 Å². The maximum Gasteiger partial charge on any atom is 0.312 e. The van der Waals surface area contributed by atoms with Gasteiger partial charge in [-0.2, -0.15) is 5.10 Å². The van der Waals surface area contributed by atoms with Crippen LogP contribution in [0.2, 0.25) is 5.02 Å². The summed E-state index contributed by atoms with van der Waals surface area (Å²) in [5.74, 6) is -0.176. The number of hydrazone groups is 1. The number of amides is 1. The average molecular weight is 434 g/mol. The van der Waals surface area contributed by atoms with Crippen molar-refractivity contribution in [2.24, 2.45) is 5.10 Å². The number of carbonyl (C=O) groups excluding carboxylic acids is 1. The number of nitro groups is 1. The number of rotatable bonds is 4. The van der Waals surface area contributed by atoms with Gasteiger partial charge in [-0.25, -0.2) is 5.43 Å². The maximum atomic E-state index is 12.4. The van der Waals surface area contributed by atoms with Crippen molar-refractivity contribution >= 4 is 29.4 Å². The minimum absolute atomic E-state index is 0.00287. The fourth-order valence-electron chi connectivity index (χ4n) is 2.75. The fourth-order valence-corrected chi connectivity index (χ4v) is 2.97. The van der Waals surface area contributed by atoms with Gasteiger partial charge in [0.15, 0.2) is 11.5 Å². The summed E-state index contributed by atoms with van der Waals surface area (Å²) in [5, 5.41) is 24.7. The molecule has 2 N–H and O–H groups in total. The molecule has 0 saturated carbocycles. The molecule has 30 heavy (non-hydrogen) atoms. The molecule has 0 unspecified atom stereocenters. The van der Waals surface area contributed by atoms with Crippen LogP contribution in [0.5, 0.6) is 17.2 Å². The van der Waals surface area contributed by atoms with Crippen LogP contribution in [0.3, 0.4) is 0 Å². The number of fused-ring (bicyclic) bond motifs is 1. The van der Waals surface area contributed by atoms with Gasteiger partial charge in [-0.05, 0) is 29.2 Å². The Kier molecular flexibility index (Phi) is 5.84. The van der Waals surface area contributed by atoms with Crippen molar-refractivity contribution in [3.8, 4) is 17.2 Å². The van der Waals surface area contributed by atoms with Crippen LogP contribution >= 0.6 is 11.6 Å². The Labute approximate surface area is 177 Å². The number of carbonyl (C=O) groups is 1. The summed E-state index contributed by atoms with van der Waals surface area (Å²) in [7, 11) is 0. The molecule has 1 atom stereocenters. The number of nitrogens with one attached hydrogen (secondary N) is 1. The van der Waals surface area contributed by atoms with Gasteiger partial charge in [0.05, 0.1) is 11.1 Å². The van der Waals surface area contributed by atoms with E-state index in [1.807, 2.05) is 12.1 Å². The zero-order chi connectivity index (χ0) is 22.1. The number of nitrogens with zero attached hydrogens (tertiary/aromatic N) is 2. The summed E-state index contributed by atoms with van der Waals surface area (Å²) < 4.78 is 11.4. The maximum absolute atomic E-state index is 12.4. The van der Waals surface area contributed by atoms with Crippen LogP contribution in [-0.4, -0.2) is 34.9 Å². The average Bonchev–Trinajstić information content (AvgIpc) is 2.68. The van der Waals surface area contributed by atoms with Crippen LogP contribution < -0.4 is 14.9 Å². The molecule has 158 valence electrons. The summed E-state index contributed by atoms with van der Waals surface area (Å²) >= 11 is 5.82. The van der Waals surface area contributed by atoms with Gasteiger partial charge in [0.2, 0.25) is 11.9 Å². The third-order valence-electron chi connectivity index (χ3n) is 4.42. The lowest BCUT2D eigenvalue weighted by molar-refractivity contribution is -0.385. The highest BCUT2D eigenvalue weighted by Crippen LogP contribution is 2.36. The number of halogens is 1. The summed E-state index contributed by atoms with van der Waals surface area (Å²) in [6, 6.07) is 7.88. The minimum Gasteiger partial charge on any atom is -0.502 e. The van der Waals surface area contributed by atoms with Crippen LogP contribution in [0.25, 0.3) is 0 Å².